The van der Waals surface area contributed by atoms with Crippen LogP contribution in [0.1, 0.15) is 46.0 Å². The molecule has 142 valence electrons. The second kappa shape index (κ2) is 8.38. The van der Waals surface area contributed by atoms with E-state index >= 15 is 0 Å². The quantitative estimate of drug-likeness (QED) is 0.776. The molecule has 0 heterocycles. The predicted octanol–water partition coefficient (Wildman–Crippen LogP) is 4.77. The lowest BCUT2D eigenvalue weighted by atomic mass is 9.81. The Labute approximate surface area is 161 Å². The molecule has 4 nitrogen and oxygen atoms in total. The highest BCUT2D eigenvalue weighted by molar-refractivity contribution is 5.98. The molecule has 0 unspecified atom stereocenters. The Morgan fingerprint density at radius 2 is 1.52 bits per heavy atom. The van der Waals surface area contributed by atoms with Crippen LogP contribution < -0.4 is 10.6 Å². The lowest BCUT2D eigenvalue weighted by molar-refractivity contribution is -0.132. The van der Waals surface area contributed by atoms with Crippen LogP contribution >= 0.6 is 0 Å². The van der Waals surface area contributed by atoms with Crippen molar-refractivity contribution in [1.82, 2.24) is 5.32 Å². The standard InChI is InChI=1S/C23H28N2O2/c1-17(2)24-21(26)16-23(14-6-7-15-23)22(27)25-20-12-10-19(11-13-20)18-8-4-3-5-9-18/h3-5,8-13,17H,6-7,14-16H2,1-2H3,(H,24,26)(H,25,27). The summed E-state index contributed by atoms with van der Waals surface area (Å²) in [6.07, 6.45) is 3.79. The fraction of sp³-hybridized carbons (Fsp3) is 0.391. The molecule has 2 N–H and O–H groups in total. The van der Waals surface area contributed by atoms with E-state index in [0.717, 1.165) is 42.5 Å². The summed E-state index contributed by atoms with van der Waals surface area (Å²) in [5, 5.41) is 5.96. The minimum atomic E-state index is -0.586. The number of benzene rings is 2. The molecular formula is C23H28N2O2. The van der Waals surface area contributed by atoms with Gasteiger partial charge in [-0.15, -0.1) is 0 Å². The lowest BCUT2D eigenvalue weighted by Gasteiger charge is -2.27. The van der Waals surface area contributed by atoms with Gasteiger partial charge in [0.15, 0.2) is 0 Å². The molecule has 27 heavy (non-hydrogen) atoms. The van der Waals surface area contributed by atoms with Gasteiger partial charge < -0.3 is 10.6 Å². The minimum absolute atomic E-state index is 0.0358. The van der Waals surface area contributed by atoms with E-state index in [2.05, 4.69) is 22.8 Å². The van der Waals surface area contributed by atoms with Crippen LogP contribution in [0, 0.1) is 5.41 Å². The zero-order valence-electron chi connectivity index (χ0n) is 16.1. The maximum atomic E-state index is 13.0. The smallest absolute Gasteiger partial charge is 0.231 e. The number of carbonyl (C=O) groups is 2. The number of anilines is 1. The van der Waals surface area contributed by atoms with Gasteiger partial charge in [-0.05, 0) is 49.9 Å². The summed E-state index contributed by atoms with van der Waals surface area (Å²) in [6, 6.07) is 18.1. The maximum Gasteiger partial charge on any atom is 0.231 e. The molecule has 1 aliphatic carbocycles. The second-order valence-electron chi connectivity index (χ2n) is 7.78. The van der Waals surface area contributed by atoms with E-state index < -0.39 is 5.41 Å². The van der Waals surface area contributed by atoms with Crippen LogP contribution in [0.2, 0.25) is 0 Å². The van der Waals surface area contributed by atoms with Crippen molar-refractivity contribution >= 4 is 17.5 Å². The fourth-order valence-corrected chi connectivity index (χ4v) is 3.86. The van der Waals surface area contributed by atoms with Crippen LogP contribution in [0.5, 0.6) is 0 Å². The van der Waals surface area contributed by atoms with Gasteiger partial charge in [-0.1, -0.05) is 55.3 Å². The summed E-state index contributed by atoms with van der Waals surface area (Å²) in [5.41, 5.74) is 2.44. The highest BCUT2D eigenvalue weighted by Crippen LogP contribution is 2.42. The van der Waals surface area contributed by atoms with E-state index in [-0.39, 0.29) is 24.3 Å². The Hall–Kier alpha value is -2.62. The van der Waals surface area contributed by atoms with Crippen LogP contribution in [0.3, 0.4) is 0 Å². The van der Waals surface area contributed by atoms with Gasteiger partial charge in [0.05, 0.1) is 5.41 Å². The first-order chi connectivity index (χ1) is 13.0. The van der Waals surface area contributed by atoms with E-state index in [1.165, 1.54) is 0 Å². The zero-order chi connectivity index (χ0) is 19.3. The Bertz CT molecular complexity index is 776. The normalized spacial score (nSPS) is 15.5. The molecule has 1 aliphatic rings. The molecule has 0 aliphatic heterocycles. The summed E-state index contributed by atoms with van der Waals surface area (Å²) in [6.45, 7) is 3.88. The molecule has 1 fully saturated rings. The highest BCUT2D eigenvalue weighted by Gasteiger charge is 2.42. The molecule has 0 saturated heterocycles. The zero-order valence-corrected chi connectivity index (χ0v) is 16.1. The SMILES string of the molecule is CC(C)NC(=O)CC1(C(=O)Nc2ccc(-c3ccccc3)cc2)CCCC1. The van der Waals surface area contributed by atoms with Gasteiger partial charge in [-0.3, -0.25) is 9.59 Å². The van der Waals surface area contributed by atoms with Crippen LogP contribution in [-0.4, -0.2) is 17.9 Å². The first-order valence-electron chi connectivity index (χ1n) is 9.75. The number of rotatable bonds is 6. The Kier molecular flexibility index (Phi) is 5.94. The van der Waals surface area contributed by atoms with Gasteiger partial charge in [0.1, 0.15) is 0 Å². The third kappa shape index (κ3) is 4.76. The summed E-state index contributed by atoms with van der Waals surface area (Å²) >= 11 is 0. The van der Waals surface area contributed by atoms with E-state index in [0.29, 0.717) is 0 Å². The van der Waals surface area contributed by atoms with Crippen molar-refractivity contribution in [1.29, 1.82) is 0 Å². The van der Waals surface area contributed by atoms with Crippen LogP contribution in [0.4, 0.5) is 5.69 Å². The van der Waals surface area contributed by atoms with Crippen molar-refractivity contribution in [3.05, 3.63) is 54.6 Å². The Morgan fingerprint density at radius 1 is 0.926 bits per heavy atom. The van der Waals surface area contributed by atoms with Gasteiger partial charge in [-0.2, -0.15) is 0 Å². The van der Waals surface area contributed by atoms with Gasteiger partial charge in [-0.25, -0.2) is 0 Å². The predicted molar refractivity (Wildman–Crippen MR) is 109 cm³/mol. The number of amides is 2. The van der Waals surface area contributed by atoms with Crippen molar-refractivity contribution in [3.8, 4) is 11.1 Å². The van der Waals surface area contributed by atoms with Crippen molar-refractivity contribution in [2.75, 3.05) is 5.32 Å². The first-order valence-corrected chi connectivity index (χ1v) is 9.75. The molecule has 2 aromatic rings. The lowest BCUT2D eigenvalue weighted by Crippen LogP contribution is -2.40. The molecule has 3 rings (SSSR count). The number of hydrogen-bond acceptors (Lipinski definition) is 2. The number of nitrogens with one attached hydrogen (secondary N) is 2. The van der Waals surface area contributed by atoms with Crippen LogP contribution in [0.15, 0.2) is 54.6 Å². The average molecular weight is 364 g/mol. The summed E-state index contributed by atoms with van der Waals surface area (Å²) in [5.74, 6) is -0.0761. The highest BCUT2D eigenvalue weighted by atomic mass is 16.2. The molecule has 0 radical (unpaired) electrons. The monoisotopic (exact) mass is 364 g/mol. The molecule has 0 aromatic heterocycles. The van der Waals surface area contributed by atoms with E-state index in [1.807, 2.05) is 56.3 Å². The third-order valence-corrected chi connectivity index (χ3v) is 5.24. The molecular weight excluding hydrogens is 336 g/mol. The van der Waals surface area contributed by atoms with Crippen molar-refractivity contribution in [3.63, 3.8) is 0 Å². The Morgan fingerprint density at radius 3 is 2.11 bits per heavy atom. The Balaban J connectivity index is 1.69. The number of hydrogen-bond donors (Lipinski definition) is 2. The van der Waals surface area contributed by atoms with E-state index in [9.17, 15) is 9.59 Å². The van der Waals surface area contributed by atoms with Crippen molar-refractivity contribution in [2.45, 2.75) is 52.0 Å². The minimum Gasteiger partial charge on any atom is -0.354 e. The number of carbonyl (C=O) groups excluding carboxylic acids is 2. The first kappa shape index (κ1) is 19.2. The fourth-order valence-electron chi connectivity index (χ4n) is 3.86. The maximum absolute atomic E-state index is 13.0. The molecule has 2 amide bonds. The summed E-state index contributed by atoms with van der Waals surface area (Å²) in [7, 11) is 0. The summed E-state index contributed by atoms with van der Waals surface area (Å²) < 4.78 is 0. The topological polar surface area (TPSA) is 58.2 Å². The van der Waals surface area contributed by atoms with Gasteiger partial charge in [0.25, 0.3) is 0 Å². The summed E-state index contributed by atoms with van der Waals surface area (Å²) in [4.78, 5) is 25.3. The van der Waals surface area contributed by atoms with Gasteiger partial charge in [0.2, 0.25) is 11.8 Å². The third-order valence-electron chi connectivity index (χ3n) is 5.24. The van der Waals surface area contributed by atoms with E-state index in [4.69, 9.17) is 0 Å². The van der Waals surface area contributed by atoms with Gasteiger partial charge >= 0.3 is 0 Å². The molecule has 2 aromatic carbocycles. The molecule has 0 spiro atoms. The van der Waals surface area contributed by atoms with Gasteiger partial charge in [0, 0.05) is 18.2 Å². The van der Waals surface area contributed by atoms with Crippen LogP contribution in [0.25, 0.3) is 11.1 Å². The second-order valence-corrected chi connectivity index (χ2v) is 7.78. The largest absolute Gasteiger partial charge is 0.354 e. The van der Waals surface area contributed by atoms with E-state index in [1.54, 1.807) is 0 Å². The molecule has 4 heteroatoms. The average Bonchev–Trinajstić information content (AvgIpc) is 3.12. The van der Waals surface area contributed by atoms with Crippen molar-refractivity contribution < 1.29 is 9.59 Å². The molecule has 0 bridgehead atoms. The molecule has 0 atom stereocenters. The molecule has 1 saturated carbocycles. The van der Waals surface area contributed by atoms with Crippen LogP contribution in [-0.2, 0) is 9.59 Å². The van der Waals surface area contributed by atoms with Crippen molar-refractivity contribution in [2.24, 2.45) is 5.41 Å².